The van der Waals surface area contributed by atoms with Gasteiger partial charge in [0.25, 0.3) is 0 Å². The van der Waals surface area contributed by atoms with E-state index in [1.807, 2.05) is 16.2 Å². The number of rotatable bonds is 6. The summed E-state index contributed by atoms with van der Waals surface area (Å²) in [5.74, 6) is 0.257. The number of amides is 1. The van der Waals surface area contributed by atoms with Gasteiger partial charge >= 0.3 is 0 Å². The Morgan fingerprint density at radius 2 is 1.85 bits per heavy atom. The van der Waals surface area contributed by atoms with Gasteiger partial charge in [-0.05, 0) is 43.0 Å². The Morgan fingerprint density at radius 1 is 1.00 bits per heavy atom. The van der Waals surface area contributed by atoms with E-state index in [-0.39, 0.29) is 5.91 Å². The fourth-order valence-corrected chi connectivity index (χ4v) is 4.79. The number of piperazine rings is 2. The number of anilines is 1. The van der Waals surface area contributed by atoms with E-state index in [1.165, 1.54) is 22.2 Å². The molecular weight excluding hydrogens is 344 g/mol. The van der Waals surface area contributed by atoms with Crippen LogP contribution in [0.1, 0.15) is 12.8 Å². The first-order chi connectivity index (χ1) is 12.8. The summed E-state index contributed by atoms with van der Waals surface area (Å²) >= 11 is 1.82. The Hall–Kier alpha value is -1.63. The summed E-state index contributed by atoms with van der Waals surface area (Å²) in [5, 5.41) is 6.71. The molecule has 2 aliphatic rings. The largest absolute Gasteiger partial charge is 0.368 e. The van der Waals surface area contributed by atoms with E-state index >= 15 is 0 Å². The normalized spacial score (nSPS) is 19.5. The van der Waals surface area contributed by atoms with Crippen LogP contribution in [0.25, 0.3) is 10.1 Å². The van der Waals surface area contributed by atoms with Crippen molar-refractivity contribution in [2.45, 2.75) is 12.8 Å². The van der Waals surface area contributed by atoms with Crippen LogP contribution in [0.2, 0.25) is 0 Å². The van der Waals surface area contributed by atoms with Gasteiger partial charge in [-0.2, -0.15) is 0 Å². The molecule has 0 aliphatic carbocycles. The highest BCUT2D eigenvalue weighted by Gasteiger charge is 2.19. The SMILES string of the molecule is O=C1CNCCN1CCCCN1CCN(c2cccc3sccc23)CC1. The van der Waals surface area contributed by atoms with E-state index in [0.717, 1.165) is 58.8 Å². The second kappa shape index (κ2) is 8.37. The summed E-state index contributed by atoms with van der Waals surface area (Å²) in [6.45, 7) is 8.85. The van der Waals surface area contributed by atoms with Gasteiger partial charge < -0.3 is 15.1 Å². The van der Waals surface area contributed by atoms with E-state index < -0.39 is 0 Å². The Balaban J connectivity index is 1.20. The first-order valence-electron chi connectivity index (χ1n) is 9.73. The molecule has 0 atom stereocenters. The van der Waals surface area contributed by atoms with Gasteiger partial charge in [0.1, 0.15) is 0 Å². The predicted molar refractivity (Wildman–Crippen MR) is 109 cm³/mol. The lowest BCUT2D eigenvalue weighted by atomic mass is 10.1. The second-order valence-corrected chi connectivity index (χ2v) is 8.15. The van der Waals surface area contributed by atoms with E-state index in [2.05, 4.69) is 44.8 Å². The minimum atomic E-state index is 0.257. The molecule has 1 aromatic carbocycles. The predicted octanol–water partition coefficient (Wildman–Crippen LogP) is 2.24. The number of nitrogens with zero attached hydrogens (tertiary/aromatic N) is 3. The topological polar surface area (TPSA) is 38.8 Å². The van der Waals surface area contributed by atoms with Crippen molar-refractivity contribution in [2.75, 3.05) is 63.8 Å². The van der Waals surface area contributed by atoms with Crippen LogP contribution in [0.4, 0.5) is 5.69 Å². The lowest BCUT2D eigenvalue weighted by Gasteiger charge is -2.36. The smallest absolute Gasteiger partial charge is 0.236 e. The van der Waals surface area contributed by atoms with E-state index in [0.29, 0.717) is 6.54 Å². The summed E-state index contributed by atoms with van der Waals surface area (Å²) in [7, 11) is 0. The molecule has 3 heterocycles. The van der Waals surface area contributed by atoms with Crippen LogP contribution in [0, 0.1) is 0 Å². The quantitative estimate of drug-likeness (QED) is 0.790. The molecule has 26 heavy (non-hydrogen) atoms. The van der Waals surface area contributed by atoms with Crippen LogP contribution < -0.4 is 10.2 Å². The van der Waals surface area contributed by atoms with Crippen molar-refractivity contribution < 1.29 is 4.79 Å². The highest BCUT2D eigenvalue weighted by Crippen LogP contribution is 2.31. The minimum absolute atomic E-state index is 0.257. The average molecular weight is 373 g/mol. The van der Waals surface area contributed by atoms with Crippen molar-refractivity contribution in [1.82, 2.24) is 15.1 Å². The van der Waals surface area contributed by atoms with Crippen LogP contribution in [0.3, 0.4) is 0 Å². The molecule has 0 saturated carbocycles. The van der Waals surface area contributed by atoms with Crippen LogP contribution >= 0.6 is 11.3 Å². The molecule has 1 amide bonds. The third-order valence-corrected chi connectivity index (χ3v) is 6.41. The molecule has 0 spiro atoms. The molecule has 2 saturated heterocycles. The third-order valence-electron chi connectivity index (χ3n) is 5.53. The number of nitrogens with one attached hydrogen (secondary N) is 1. The molecule has 0 bridgehead atoms. The van der Waals surface area contributed by atoms with Crippen molar-refractivity contribution in [3.05, 3.63) is 29.6 Å². The van der Waals surface area contributed by atoms with Crippen molar-refractivity contribution in [3.8, 4) is 0 Å². The number of hydrogen-bond acceptors (Lipinski definition) is 5. The number of carbonyl (C=O) groups is 1. The number of benzene rings is 1. The maximum atomic E-state index is 11.8. The molecule has 5 nitrogen and oxygen atoms in total. The molecule has 1 aromatic heterocycles. The molecule has 6 heteroatoms. The van der Waals surface area contributed by atoms with Crippen LogP contribution in [0.15, 0.2) is 29.6 Å². The molecule has 1 N–H and O–H groups in total. The molecule has 2 aliphatic heterocycles. The molecular formula is C20H28N4OS. The van der Waals surface area contributed by atoms with Gasteiger partial charge in [0.2, 0.25) is 5.91 Å². The fourth-order valence-electron chi connectivity index (χ4n) is 3.99. The van der Waals surface area contributed by atoms with E-state index in [9.17, 15) is 4.79 Å². The Morgan fingerprint density at radius 3 is 2.69 bits per heavy atom. The lowest BCUT2D eigenvalue weighted by molar-refractivity contribution is -0.131. The zero-order valence-electron chi connectivity index (χ0n) is 15.3. The molecule has 140 valence electrons. The standard InChI is InChI=1S/C20H28N4OS/c25-20-16-21-7-10-24(20)9-2-1-8-22-11-13-23(14-12-22)18-4-3-5-19-17(18)6-15-26-19/h3-6,15,21H,1-2,7-14,16H2. The number of carbonyl (C=O) groups excluding carboxylic acids is 1. The summed E-state index contributed by atoms with van der Waals surface area (Å²) < 4.78 is 1.38. The molecule has 2 aromatic rings. The van der Waals surface area contributed by atoms with Gasteiger partial charge in [0.15, 0.2) is 0 Å². The Bertz CT molecular complexity index is 738. The van der Waals surface area contributed by atoms with Crippen LogP contribution in [0.5, 0.6) is 0 Å². The lowest BCUT2D eigenvalue weighted by Crippen LogP contribution is -2.48. The van der Waals surface area contributed by atoms with Gasteiger partial charge in [-0.15, -0.1) is 11.3 Å². The maximum absolute atomic E-state index is 11.8. The summed E-state index contributed by atoms with van der Waals surface area (Å²) in [6, 6.07) is 8.90. The number of unbranched alkanes of at least 4 members (excludes halogenated alkanes) is 1. The van der Waals surface area contributed by atoms with Gasteiger partial charge in [0, 0.05) is 61.6 Å². The van der Waals surface area contributed by atoms with Crippen molar-refractivity contribution in [3.63, 3.8) is 0 Å². The van der Waals surface area contributed by atoms with Crippen molar-refractivity contribution >= 4 is 33.0 Å². The Labute approximate surface area is 159 Å². The van der Waals surface area contributed by atoms with Crippen molar-refractivity contribution in [2.24, 2.45) is 0 Å². The minimum Gasteiger partial charge on any atom is -0.368 e. The highest BCUT2D eigenvalue weighted by atomic mass is 32.1. The Kier molecular flexibility index (Phi) is 5.72. The third kappa shape index (κ3) is 4.03. The van der Waals surface area contributed by atoms with Gasteiger partial charge in [-0.1, -0.05) is 6.07 Å². The number of thiophene rings is 1. The summed E-state index contributed by atoms with van der Waals surface area (Å²) in [6.07, 6.45) is 2.29. The highest BCUT2D eigenvalue weighted by molar-refractivity contribution is 7.17. The van der Waals surface area contributed by atoms with Crippen LogP contribution in [-0.2, 0) is 4.79 Å². The maximum Gasteiger partial charge on any atom is 0.236 e. The molecule has 4 rings (SSSR count). The molecule has 2 fully saturated rings. The van der Waals surface area contributed by atoms with E-state index in [4.69, 9.17) is 0 Å². The number of fused-ring (bicyclic) bond motifs is 1. The summed E-state index contributed by atoms with van der Waals surface area (Å²) in [5.41, 5.74) is 1.39. The monoisotopic (exact) mass is 372 g/mol. The van der Waals surface area contributed by atoms with Crippen molar-refractivity contribution in [1.29, 1.82) is 0 Å². The summed E-state index contributed by atoms with van der Waals surface area (Å²) in [4.78, 5) is 18.9. The first kappa shape index (κ1) is 17.8. The van der Waals surface area contributed by atoms with Gasteiger partial charge in [-0.25, -0.2) is 0 Å². The number of hydrogen-bond donors (Lipinski definition) is 1. The van der Waals surface area contributed by atoms with Gasteiger partial charge in [0.05, 0.1) is 6.54 Å². The van der Waals surface area contributed by atoms with Crippen LogP contribution in [-0.4, -0.2) is 74.6 Å². The average Bonchev–Trinajstić information content (AvgIpc) is 3.16. The zero-order chi connectivity index (χ0) is 17.8. The molecule has 0 radical (unpaired) electrons. The fraction of sp³-hybridized carbons (Fsp3) is 0.550. The van der Waals surface area contributed by atoms with Gasteiger partial charge in [-0.3, -0.25) is 9.69 Å². The zero-order valence-corrected chi connectivity index (χ0v) is 16.1. The first-order valence-corrected chi connectivity index (χ1v) is 10.6. The molecule has 0 unspecified atom stereocenters. The second-order valence-electron chi connectivity index (χ2n) is 7.20. The van der Waals surface area contributed by atoms with E-state index in [1.54, 1.807) is 0 Å².